The highest BCUT2D eigenvalue weighted by molar-refractivity contribution is 5.91. The number of primary amides is 1. The van der Waals surface area contributed by atoms with Crippen LogP contribution in [0.25, 0.3) is 0 Å². The number of nitrogens with two attached hydrogens (primary N) is 1. The van der Waals surface area contributed by atoms with Gasteiger partial charge in [0.15, 0.2) is 0 Å². The fourth-order valence-electron chi connectivity index (χ4n) is 1.17. The standard InChI is InChI=1S/C11H21NO/c1-3-5-7-9-10(11(12)13)8-6-4-2/h9H,3-8H2,1-2H3,(H2,12,13). The lowest BCUT2D eigenvalue weighted by molar-refractivity contribution is -0.114. The Bertz CT molecular complexity index is 173. The van der Waals surface area contributed by atoms with Crippen molar-refractivity contribution < 1.29 is 4.79 Å². The van der Waals surface area contributed by atoms with Crippen molar-refractivity contribution in [3.8, 4) is 0 Å². The van der Waals surface area contributed by atoms with Gasteiger partial charge in [0.25, 0.3) is 0 Å². The Labute approximate surface area is 81.2 Å². The molecule has 0 saturated carbocycles. The molecule has 0 rings (SSSR count). The van der Waals surface area contributed by atoms with E-state index in [2.05, 4.69) is 13.8 Å². The number of rotatable bonds is 7. The average Bonchev–Trinajstić information content (AvgIpc) is 2.10. The van der Waals surface area contributed by atoms with Crippen molar-refractivity contribution in [3.05, 3.63) is 11.6 Å². The van der Waals surface area contributed by atoms with E-state index >= 15 is 0 Å². The fourth-order valence-corrected chi connectivity index (χ4v) is 1.17. The summed E-state index contributed by atoms with van der Waals surface area (Å²) in [6.07, 6.45) is 8.30. The minimum atomic E-state index is -0.246. The summed E-state index contributed by atoms with van der Waals surface area (Å²) in [5.41, 5.74) is 6.07. The van der Waals surface area contributed by atoms with Crippen LogP contribution in [0.15, 0.2) is 11.6 Å². The first-order chi connectivity index (χ1) is 6.22. The summed E-state index contributed by atoms with van der Waals surface area (Å²) in [6.45, 7) is 4.26. The molecule has 0 radical (unpaired) electrons. The van der Waals surface area contributed by atoms with Gasteiger partial charge in [-0.2, -0.15) is 0 Å². The molecule has 76 valence electrons. The third kappa shape index (κ3) is 6.38. The van der Waals surface area contributed by atoms with E-state index in [-0.39, 0.29) is 5.91 Å². The van der Waals surface area contributed by atoms with Crippen LogP contribution >= 0.6 is 0 Å². The maximum absolute atomic E-state index is 11.0. The molecule has 0 spiro atoms. The van der Waals surface area contributed by atoms with Gasteiger partial charge in [0.1, 0.15) is 0 Å². The lowest BCUT2D eigenvalue weighted by Gasteiger charge is -2.01. The number of carbonyl (C=O) groups is 1. The van der Waals surface area contributed by atoms with E-state index in [1.807, 2.05) is 6.08 Å². The summed E-state index contributed by atoms with van der Waals surface area (Å²) in [5, 5.41) is 0. The van der Waals surface area contributed by atoms with Crippen molar-refractivity contribution in [2.24, 2.45) is 5.73 Å². The number of carbonyl (C=O) groups excluding carboxylic acids is 1. The van der Waals surface area contributed by atoms with Crippen LogP contribution in [0, 0.1) is 0 Å². The summed E-state index contributed by atoms with van der Waals surface area (Å²) in [5.74, 6) is -0.246. The Morgan fingerprint density at radius 2 is 1.85 bits per heavy atom. The predicted molar refractivity (Wildman–Crippen MR) is 56.3 cm³/mol. The van der Waals surface area contributed by atoms with Crippen molar-refractivity contribution in [1.29, 1.82) is 0 Å². The van der Waals surface area contributed by atoms with Crippen molar-refractivity contribution in [1.82, 2.24) is 0 Å². The quantitative estimate of drug-likeness (QED) is 0.478. The lowest BCUT2D eigenvalue weighted by Crippen LogP contribution is -2.13. The van der Waals surface area contributed by atoms with Crippen LogP contribution in [0.2, 0.25) is 0 Å². The van der Waals surface area contributed by atoms with E-state index in [0.29, 0.717) is 0 Å². The second kappa shape index (κ2) is 7.84. The van der Waals surface area contributed by atoms with E-state index in [0.717, 1.165) is 44.1 Å². The molecule has 0 heterocycles. The zero-order valence-corrected chi connectivity index (χ0v) is 8.81. The average molecular weight is 183 g/mol. The van der Waals surface area contributed by atoms with Crippen LogP contribution in [0.5, 0.6) is 0 Å². The maximum atomic E-state index is 11.0. The summed E-state index contributed by atoms with van der Waals surface area (Å²) < 4.78 is 0. The molecule has 0 fully saturated rings. The smallest absolute Gasteiger partial charge is 0.244 e. The maximum Gasteiger partial charge on any atom is 0.244 e. The zero-order valence-electron chi connectivity index (χ0n) is 8.81. The molecule has 0 aliphatic carbocycles. The van der Waals surface area contributed by atoms with E-state index in [4.69, 9.17) is 5.73 Å². The monoisotopic (exact) mass is 183 g/mol. The number of hydrogen-bond donors (Lipinski definition) is 1. The summed E-state index contributed by atoms with van der Waals surface area (Å²) in [6, 6.07) is 0. The molecule has 0 aromatic carbocycles. The molecular weight excluding hydrogens is 162 g/mol. The van der Waals surface area contributed by atoms with Crippen LogP contribution in [-0.2, 0) is 4.79 Å². The van der Waals surface area contributed by atoms with Crippen LogP contribution in [0.1, 0.15) is 52.4 Å². The van der Waals surface area contributed by atoms with Crippen molar-refractivity contribution in [3.63, 3.8) is 0 Å². The number of hydrogen-bond acceptors (Lipinski definition) is 1. The summed E-state index contributed by atoms with van der Waals surface area (Å²) in [4.78, 5) is 11.0. The SMILES string of the molecule is CCCCC=C(CCCC)C(N)=O. The lowest BCUT2D eigenvalue weighted by atomic mass is 10.1. The first-order valence-electron chi connectivity index (χ1n) is 5.21. The second-order valence-corrected chi connectivity index (χ2v) is 3.34. The summed E-state index contributed by atoms with van der Waals surface area (Å²) >= 11 is 0. The molecule has 0 bridgehead atoms. The van der Waals surface area contributed by atoms with Gasteiger partial charge in [0.05, 0.1) is 0 Å². The molecule has 1 amide bonds. The Morgan fingerprint density at radius 1 is 1.23 bits per heavy atom. The first kappa shape index (κ1) is 12.2. The zero-order chi connectivity index (χ0) is 10.1. The minimum Gasteiger partial charge on any atom is -0.366 e. The van der Waals surface area contributed by atoms with Crippen LogP contribution in [0.4, 0.5) is 0 Å². The Hall–Kier alpha value is -0.790. The normalized spacial score (nSPS) is 11.7. The van der Waals surface area contributed by atoms with Crippen molar-refractivity contribution >= 4 is 5.91 Å². The molecule has 0 aliphatic rings. The molecule has 2 heteroatoms. The first-order valence-corrected chi connectivity index (χ1v) is 5.21. The minimum absolute atomic E-state index is 0.246. The molecule has 0 aromatic heterocycles. The molecule has 0 saturated heterocycles. The third-order valence-electron chi connectivity index (χ3n) is 2.06. The number of allylic oxidation sites excluding steroid dienone is 1. The molecule has 0 atom stereocenters. The Kier molecular flexibility index (Phi) is 7.36. The Balaban J connectivity index is 3.92. The van der Waals surface area contributed by atoms with Gasteiger partial charge >= 0.3 is 0 Å². The van der Waals surface area contributed by atoms with Gasteiger partial charge in [-0.05, 0) is 19.3 Å². The molecule has 0 unspecified atom stereocenters. The highest BCUT2D eigenvalue weighted by Crippen LogP contribution is 2.09. The van der Waals surface area contributed by atoms with E-state index in [1.54, 1.807) is 0 Å². The Morgan fingerprint density at radius 3 is 2.31 bits per heavy atom. The van der Waals surface area contributed by atoms with Gasteiger partial charge in [0.2, 0.25) is 5.91 Å². The van der Waals surface area contributed by atoms with Crippen LogP contribution in [0.3, 0.4) is 0 Å². The fraction of sp³-hybridized carbons (Fsp3) is 0.727. The van der Waals surface area contributed by atoms with Crippen LogP contribution in [-0.4, -0.2) is 5.91 Å². The van der Waals surface area contributed by atoms with Gasteiger partial charge in [-0.15, -0.1) is 0 Å². The number of amides is 1. The summed E-state index contributed by atoms with van der Waals surface area (Å²) in [7, 11) is 0. The van der Waals surface area contributed by atoms with Gasteiger partial charge in [0, 0.05) is 5.57 Å². The molecule has 0 aliphatic heterocycles. The van der Waals surface area contributed by atoms with Gasteiger partial charge in [-0.3, -0.25) is 4.79 Å². The molecule has 13 heavy (non-hydrogen) atoms. The highest BCUT2D eigenvalue weighted by atomic mass is 16.1. The van der Waals surface area contributed by atoms with Gasteiger partial charge < -0.3 is 5.73 Å². The second-order valence-electron chi connectivity index (χ2n) is 3.34. The van der Waals surface area contributed by atoms with Crippen molar-refractivity contribution in [2.75, 3.05) is 0 Å². The van der Waals surface area contributed by atoms with Gasteiger partial charge in [-0.1, -0.05) is 39.2 Å². The molecule has 2 nitrogen and oxygen atoms in total. The molecular formula is C11H21NO. The van der Waals surface area contributed by atoms with E-state index in [1.165, 1.54) is 0 Å². The predicted octanol–water partition coefficient (Wildman–Crippen LogP) is 2.78. The van der Waals surface area contributed by atoms with Crippen molar-refractivity contribution in [2.45, 2.75) is 52.4 Å². The number of unbranched alkanes of at least 4 members (excludes halogenated alkanes) is 3. The van der Waals surface area contributed by atoms with E-state index < -0.39 is 0 Å². The van der Waals surface area contributed by atoms with E-state index in [9.17, 15) is 4.79 Å². The largest absolute Gasteiger partial charge is 0.366 e. The molecule has 0 aromatic rings. The topological polar surface area (TPSA) is 43.1 Å². The van der Waals surface area contributed by atoms with Crippen LogP contribution < -0.4 is 5.73 Å². The molecule has 2 N–H and O–H groups in total. The third-order valence-corrected chi connectivity index (χ3v) is 2.06. The van der Waals surface area contributed by atoms with Gasteiger partial charge in [-0.25, -0.2) is 0 Å². The highest BCUT2D eigenvalue weighted by Gasteiger charge is 2.02.